The average Bonchev–Trinajstić information content (AvgIpc) is 2.84. The fourth-order valence-corrected chi connectivity index (χ4v) is 2.64. The number of H-pyrrole nitrogens is 1. The number of hydrogen-bond acceptors (Lipinski definition) is 4. The van der Waals surface area contributed by atoms with Gasteiger partial charge in [0.25, 0.3) is 12.0 Å². The maximum atomic E-state index is 12.7. The molecule has 0 aliphatic rings. The number of carbonyl (C=O) groups is 1. The molecule has 0 amide bonds. The highest BCUT2D eigenvalue weighted by atomic mass is 19.3. The predicted octanol–water partition coefficient (Wildman–Crippen LogP) is 2.44. The number of aromatic nitrogens is 3. The maximum Gasteiger partial charge on any atom is 0.277 e. The van der Waals surface area contributed by atoms with Gasteiger partial charge in [-0.15, -0.1) is 0 Å². The molecule has 0 radical (unpaired) electrons. The minimum Gasteiger partial charge on any atom is -0.487 e. The molecule has 0 aliphatic carbocycles. The normalized spacial score (nSPS) is 11.2. The largest absolute Gasteiger partial charge is 0.487 e. The van der Waals surface area contributed by atoms with Crippen LogP contribution >= 0.6 is 0 Å². The molecule has 3 aromatic rings. The number of rotatable bonds is 5. The Kier molecular flexibility index (Phi) is 4.35. The smallest absolute Gasteiger partial charge is 0.277 e. The Morgan fingerprint density at radius 3 is 2.76 bits per heavy atom. The number of nitrogens with zero attached hydrogens (tertiary/aromatic N) is 2. The lowest BCUT2D eigenvalue weighted by molar-refractivity contribution is 0.0826. The summed E-state index contributed by atoms with van der Waals surface area (Å²) in [6.45, 7) is 0.878. The third kappa shape index (κ3) is 3.15. The molecule has 0 spiro atoms. The third-order valence-electron chi connectivity index (χ3n) is 3.78. The summed E-state index contributed by atoms with van der Waals surface area (Å²) in [6, 6.07) is 6.08. The van der Waals surface area contributed by atoms with Crippen molar-refractivity contribution < 1.29 is 18.3 Å². The quantitative estimate of drug-likeness (QED) is 0.719. The van der Waals surface area contributed by atoms with Crippen LogP contribution in [0.15, 0.2) is 35.3 Å². The van der Waals surface area contributed by atoms with Crippen molar-refractivity contribution in [1.29, 1.82) is 0 Å². The first-order valence-corrected chi connectivity index (χ1v) is 7.48. The van der Waals surface area contributed by atoms with Crippen molar-refractivity contribution in [1.82, 2.24) is 14.8 Å². The molecule has 130 valence electrons. The summed E-state index contributed by atoms with van der Waals surface area (Å²) in [5.41, 5.74) is 0.825. The highest BCUT2D eigenvalue weighted by molar-refractivity contribution is 6.11. The van der Waals surface area contributed by atoms with Crippen molar-refractivity contribution in [2.45, 2.75) is 13.3 Å². The van der Waals surface area contributed by atoms with Gasteiger partial charge in [0.05, 0.1) is 5.52 Å². The molecule has 0 saturated heterocycles. The van der Waals surface area contributed by atoms with Gasteiger partial charge in [-0.25, -0.2) is 8.78 Å². The van der Waals surface area contributed by atoms with Gasteiger partial charge >= 0.3 is 0 Å². The Bertz CT molecular complexity index is 1010. The van der Waals surface area contributed by atoms with Gasteiger partial charge in [-0.3, -0.25) is 24.4 Å². The molecular formula is C17H15F2N3O3. The first-order valence-electron chi connectivity index (χ1n) is 7.48. The van der Waals surface area contributed by atoms with Gasteiger partial charge in [-0.1, -0.05) is 0 Å². The first-order chi connectivity index (χ1) is 11.9. The topological polar surface area (TPSA) is 77.0 Å². The van der Waals surface area contributed by atoms with Gasteiger partial charge in [-0.05, 0) is 31.2 Å². The van der Waals surface area contributed by atoms with Crippen LogP contribution in [0.4, 0.5) is 8.78 Å². The van der Waals surface area contributed by atoms with Gasteiger partial charge in [0.1, 0.15) is 17.9 Å². The summed E-state index contributed by atoms with van der Waals surface area (Å²) in [6.07, 6.45) is -1.17. The predicted molar refractivity (Wildman–Crippen MR) is 87.4 cm³/mol. The number of hydrogen-bond donors (Lipinski definition) is 1. The number of carbonyl (C=O) groups excluding carboxylic acids is 1. The lowest BCUT2D eigenvalue weighted by Gasteiger charge is -2.09. The van der Waals surface area contributed by atoms with Crippen molar-refractivity contribution in [3.8, 4) is 5.75 Å². The molecule has 0 fully saturated rings. The fraction of sp³-hybridized carbons (Fsp3) is 0.235. The van der Waals surface area contributed by atoms with Crippen LogP contribution in [0.1, 0.15) is 21.6 Å². The van der Waals surface area contributed by atoms with E-state index in [1.165, 1.54) is 30.1 Å². The van der Waals surface area contributed by atoms with Crippen LogP contribution in [0.3, 0.4) is 0 Å². The minimum absolute atomic E-state index is 0.0424. The van der Waals surface area contributed by atoms with Crippen LogP contribution in [0.2, 0.25) is 0 Å². The standard InChI is InChI=1S/C17H15F2N3O3/c1-9-15(17(24)22(2)21-9)16(23)10-3-4-12-11(7-10)13(5-6-20-12)25-8-14(18)19/h3-7,14,21H,8H2,1-2H3. The van der Waals surface area contributed by atoms with E-state index in [1.807, 2.05) is 0 Å². The zero-order chi connectivity index (χ0) is 18.1. The van der Waals surface area contributed by atoms with E-state index in [-0.39, 0.29) is 16.9 Å². The van der Waals surface area contributed by atoms with Gasteiger partial charge in [0.15, 0.2) is 5.78 Å². The Morgan fingerprint density at radius 2 is 2.12 bits per heavy atom. The summed E-state index contributed by atoms with van der Waals surface area (Å²) in [5.74, 6) is -0.247. The molecule has 0 unspecified atom stereocenters. The molecule has 25 heavy (non-hydrogen) atoms. The fourth-order valence-electron chi connectivity index (χ4n) is 2.64. The number of halogens is 2. The average molecular weight is 347 g/mol. The molecule has 0 saturated carbocycles. The Hall–Kier alpha value is -3.03. The maximum absolute atomic E-state index is 12.7. The van der Waals surface area contributed by atoms with E-state index in [4.69, 9.17) is 4.74 Å². The summed E-state index contributed by atoms with van der Waals surface area (Å²) >= 11 is 0. The second-order valence-electron chi connectivity index (χ2n) is 5.55. The van der Waals surface area contributed by atoms with Crippen LogP contribution in [-0.2, 0) is 7.05 Å². The molecular weight excluding hydrogens is 332 g/mol. The number of aromatic amines is 1. The molecule has 0 atom stereocenters. The van der Waals surface area contributed by atoms with Crippen LogP contribution in [0.25, 0.3) is 10.9 Å². The van der Waals surface area contributed by atoms with Gasteiger partial charge in [0, 0.05) is 29.9 Å². The van der Waals surface area contributed by atoms with E-state index >= 15 is 0 Å². The SMILES string of the molecule is Cc1[nH]n(C)c(=O)c1C(=O)c1ccc2nccc(OCC(F)F)c2c1. The van der Waals surface area contributed by atoms with E-state index in [1.54, 1.807) is 19.1 Å². The number of ether oxygens (including phenoxy) is 1. The second-order valence-corrected chi connectivity index (χ2v) is 5.55. The first kappa shape index (κ1) is 16.8. The highest BCUT2D eigenvalue weighted by Crippen LogP contribution is 2.26. The zero-order valence-electron chi connectivity index (χ0n) is 13.5. The number of pyridine rings is 1. The monoisotopic (exact) mass is 347 g/mol. The molecule has 1 N–H and O–H groups in total. The van der Waals surface area contributed by atoms with E-state index in [0.29, 0.717) is 16.6 Å². The third-order valence-corrected chi connectivity index (χ3v) is 3.78. The number of alkyl halides is 2. The van der Waals surface area contributed by atoms with Crippen LogP contribution in [0.5, 0.6) is 5.75 Å². The summed E-state index contributed by atoms with van der Waals surface area (Å²) in [5, 5.41) is 3.20. The van der Waals surface area contributed by atoms with Crippen LogP contribution in [0, 0.1) is 6.92 Å². The van der Waals surface area contributed by atoms with Crippen molar-refractivity contribution in [3.05, 3.63) is 57.6 Å². The summed E-state index contributed by atoms with van der Waals surface area (Å²) < 4.78 is 31.1. The Balaban J connectivity index is 2.07. The van der Waals surface area contributed by atoms with Crippen molar-refractivity contribution in [3.63, 3.8) is 0 Å². The number of benzene rings is 1. The second kappa shape index (κ2) is 6.46. The van der Waals surface area contributed by atoms with E-state index < -0.39 is 24.4 Å². The molecule has 2 heterocycles. The molecule has 2 aromatic heterocycles. The van der Waals surface area contributed by atoms with Gasteiger partial charge in [-0.2, -0.15) is 0 Å². The van der Waals surface area contributed by atoms with Crippen molar-refractivity contribution in [2.75, 3.05) is 6.61 Å². The zero-order valence-corrected chi connectivity index (χ0v) is 13.5. The molecule has 6 nitrogen and oxygen atoms in total. The minimum atomic E-state index is -2.61. The molecule has 8 heteroatoms. The summed E-state index contributed by atoms with van der Waals surface area (Å²) in [7, 11) is 1.52. The molecule has 0 bridgehead atoms. The van der Waals surface area contributed by atoms with Gasteiger partial charge in [0.2, 0.25) is 0 Å². The van der Waals surface area contributed by atoms with Crippen molar-refractivity contribution in [2.24, 2.45) is 7.05 Å². The van der Waals surface area contributed by atoms with Crippen LogP contribution in [-0.4, -0.2) is 33.6 Å². The van der Waals surface area contributed by atoms with Crippen molar-refractivity contribution >= 4 is 16.7 Å². The number of ketones is 1. The lowest BCUT2D eigenvalue weighted by Crippen LogP contribution is -2.19. The highest BCUT2D eigenvalue weighted by Gasteiger charge is 2.20. The number of fused-ring (bicyclic) bond motifs is 1. The Labute approximate surface area is 141 Å². The molecule has 3 rings (SSSR count). The summed E-state index contributed by atoms with van der Waals surface area (Å²) in [4.78, 5) is 28.9. The lowest BCUT2D eigenvalue weighted by atomic mass is 10.0. The van der Waals surface area contributed by atoms with E-state index in [9.17, 15) is 18.4 Å². The molecule has 1 aromatic carbocycles. The number of aryl methyl sites for hydroxylation is 2. The van der Waals surface area contributed by atoms with Crippen LogP contribution < -0.4 is 10.3 Å². The van der Waals surface area contributed by atoms with E-state index in [2.05, 4.69) is 10.1 Å². The molecule has 0 aliphatic heterocycles. The van der Waals surface area contributed by atoms with E-state index in [0.717, 1.165) is 0 Å². The Morgan fingerprint density at radius 1 is 1.36 bits per heavy atom. The van der Waals surface area contributed by atoms with Gasteiger partial charge < -0.3 is 4.74 Å². The number of nitrogens with one attached hydrogen (secondary N) is 1.